The van der Waals surface area contributed by atoms with Crippen molar-refractivity contribution < 1.29 is 9.59 Å². The fourth-order valence-corrected chi connectivity index (χ4v) is 3.53. The molecule has 25 heavy (non-hydrogen) atoms. The van der Waals surface area contributed by atoms with E-state index in [9.17, 15) is 9.59 Å². The van der Waals surface area contributed by atoms with Gasteiger partial charge in [0, 0.05) is 32.6 Å². The molecule has 1 aromatic rings. The Morgan fingerprint density at radius 1 is 1.00 bits per heavy atom. The molecule has 2 aliphatic heterocycles. The van der Waals surface area contributed by atoms with Crippen LogP contribution in [0.25, 0.3) is 0 Å². The summed E-state index contributed by atoms with van der Waals surface area (Å²) in [6, 6.07) is 9.84. The van der Waals surface area contributed by atoms with Gasteiger partial charge in [0.25, 0.3) is 0 Å². The number of nitrogens with zero attached hydrogens (tertiary/aromatic N) is 2. The van der Waals surface area contributed by atoms with Crippen LogP contribution in [0, 0.1) is 5.92 Å². The summed E-state index contributed by atoms with van der Waals surface area (Å²) in [7, 11) is 0. The van der Waals surface area contributed by atoms with Gasteiger partial charge in [-0.25, -0.2) is 0 Å². The van der Waals surface area contributed by atoms with Gasteiger partial charge < -0.3 is 15.1 Å². The van der Waals surface area contributed by atoms with Crippen LogP contribution in [0.4, 0.5) is 0 Å². The summed E-state index contributed by atoms with van der Waals surface area (Å²) in [5, 5.41) is 3.34. The smallest absolute Gasteiger partial charge is 0.227 e. The molecule has 1 aromatic carbocycles. The van der Waals surface area contributed by atoms with Gasteiger partial charge >= 0.3 is 0 Å². The van der Waals surface area contributed by atoms with E-state index in [0.717, 1.165) is 25.1 Å². The minimum atomic E-state index is 0. The van der Waals surface area contributed by atoms with Crippen molar-refractivity contribution in [2.45, 2.75) is 25.7 Å². The van der Waals surface area contributed by atoms with E-state index < -0.39 is 0 Å². The molecule has 3 rings (SSSR count). The van der Waals surface area contributed by atoms with Crippen molar-refractivity contribution in [2.75, 3.05) is 39.3 Å². The van der Waals surface area contributed by atoms with Gasteiger partial charge in [-0.15, -0.1) is 12.4 Å². The summed E-state index contributed by atoms with van der Waals surface area (Å²) < 4.78 is 0. The molecule has 0 spiro atoms. The SMILES string of the molecule is Cl.O=C(CCC1CCNC1)N1CCN(C(=O)Cc2ccccc2)CC1. The molecule has 0 saturated carbocycles. The molecule has 138 valence electrons. The first-order valence-electron chi connectivity index (χ1n) is 9.02. The van der Waals surface area contributed by atoms with Gasteiger partial charge in [0.05, 0.1) is 6.42 Å². The van der Waals surface area contributed by atoms with E-state index in [1.165, 1.54) is 6.42 Å². The fourth-order valence-electron chi connectivity index (χ4n) is 3.53. The van der Waals surface area contributed by atoms with Crippen molar-refractivity contribution in [3.8, 4) is 0 Å². The molecule has 2 heterocycles. The van der Waals surface area contributed by atoms with Crippen molar-refractivity contribution in [2.24, 2.45) is 5.92 Å². The monoisotopic (exact) mass is 365 g/mol. The number of hydrogen-bond donors (Lipinski definition) is 1. The van der Waals surface area contributed by atoms with Crippen molar-refractivity contribution in [3.63, 3.8) is 0 Å². The topological polar surface area (TPSA) is 52.7 Å². The molecular weight excluding hydrogens is 338 g/mol. The predicted octanol–water partition coefficient (Wildman–Crippen LogP) is 1.71. The Hall–Kier alpha value is -1.59. The second-order valence-electron chi connectivity index (χ2n) is 6.82. The largest absolute Gasteiger partial charge is 0.339 e. The number of benzene rings is 1. The molecule has 0 aromatic heterocycles. The number of amides is 2. The van der Waals surface area contributed by atoms with Crippen LogP contribution in [-0.2, 0) is 16.0 Å². The molecule has 1 unspecified atom stereocenters. The number of carbonyl (C=O) groups excluding carboxylic acids is 2. The zero-order valence-corrected chi connectivity index (χ0v) is 15.5. The number of carbonyl (C=O) groups is 2. The molecule has 2 saturated heterocycles. The molecule has 1 atom stereocenters. The summed E-state index contributed by atoms with van der Waals surface area (Å²) in [6.07, 6.45) is 3.27. The second kappa shape index (κ2) is 9.78. The van der Waals surface area contributed by atoms with Crippen molar-refractivity contribution in [1.29, 1.82) is 0 Å². The molecule has 5 nitrogen and oxygen atoms in total. The highest BCUT2D eigenvalue weighted by Gasteiger charge is 2.25. The maximum Gasteiger partial charge on any atom is 0.227 e. The van der Waals surface area contributed by atoms with E-state index in [1.54, 1.807) is 0 Å². The van der Waals surface area contributed by atoms with Gasteiger partial charge in [-0.2, -0.15) is 0 Å². The first-order chi connectivity index (χ1) is 11.7. The van der Waals surface area contributed by atoms with Crippen LogP contribution in [0.2, 0.25) is 0 Å². The first-order valence-corrected chi connectivity index (χ1v) is 9.02. The summed E-state index contributed by atoms with van der Waals surface area (Å²) in [4.78, 5) is 28.5. The molecule has 0 bridgehead atoms. The lowest BCUT2D eigenvalue weighted by atomic mass is 10.0. The standard InChI is InChI=1S/C19H27N3O2.ClH/c23-18(7-6-17-8-9-20-15-17)21-10-12-22(13-11-21)19(24)14-16-4-2-1-3-5-16;/h1-5,17,20H,6-15H2;1H. The zero-order valence-electron chi connectivity index (χ0n) is 14.7. The van der Waals surface area contributed by atoms with Crippen molar-refractivity contribution in [1.82, 2.24) is 15.1 Å². The van der Waals surface area contributed by atoms with E-state index in [1.807, 2.05) is 40.1 Å². The lowest BCUT2D eigenvalue weighted by molar-refractivity contribution is -0.139. The summed E-state index contributed by atoms with van der Waals surface area (Å²) in [5.74, 6) is 1.06. The molecule has 2 fully saturated rings. The Kier molecular flexibility index (Phi) is 7.72. The second-order valence-corrected chi connectivity index (χ2v) is 6.82. The minimum Gasteiger partial charge on any atom is -0.339 e. The summed E-state index contributed by atoms with van der Waals surface area (Å²) >= 11 is 0. The lowest BCUT2D eigenvalue weighted by Crippen LogP contribution is -2.51. The number of rotatable bonds is 5. The number of piperazine rings is 1. The normalized spacial score (nSPS) is 20.2. The Morgan fingerprint density at radius 3 is 2.24 bits per heavy atom. The third-order valence-electron chi connectivity index (χ3n) is 5.11. The third-order valence-corrected chi connectivity index (χ3v) is 5.11. The van der Waals surface area contributed by atoms with Gasteiger partial charge in [0.1, 0.15) is 0 Å². The Morgan fingerprint density at radius 2 is 1.64 bits per heavy atom. The highest BCUT2D eigenvalue weighted by Crippen LogP contribution is 2.16. The molecule has 1 N–H and O–H groups in total. The first kappa shape index (κ1) is 19.7. The number of halogens is 1. The van der Waals surface area contributed by atoms with Crippen LogP contribution in [0.5, 0.6) is 0 Å². The Labute approximate surface area is 156 Å². The molecular formula is C19H28ClN3O2. The van der Waals surface area contributed by atoms with Crippen LogP contribution in [-0.4, -0.2) is 60.9 Å². The highest BCUT2D eigenvalue weighted by molar-refractivity contribution is 5.85. The fraction of sp³-hybridized carbons (Fsp3) is 0.579. The average Bonchev–Trinajstić information content (AvgIpc) is 3.14. The quantitative estimate of drug-likeness (QED) is 0.864. The molecule has 0 radical (unpaired) electrons. The van der Waals surface area contributed by atoms with Crippen molar-refractivity contribution >= 4 is 24.2 Å². The zero-order chi connectivity index (χ0) is 16.8. The van der Waals surface area contributed by atoms with E-state index in [-0.39, 0.29) is 24.2 Å². The summed E-state index contributed by atoms with van der Waals surface area (Å²) in [6.45, 7) is 4.78. The van der Waals surface area contributed by atoms with Crippen LogP contribution in [0.15, 0.2) is 30.3 Å². The Balaban J connectivity index is 0.00000225. The maximum absolute atomic E-state index is 12.4. The van der Waals surface area contributed by atoms with Gasteiger partial charge in [0.15, 0.2) is 0 Å². The molecule has 2 aliphatic rings. The predicted molar refractivity (Wildman–Crippen MR) is 101 cm³/mol. The van der Waals surface area contributed by atoms with Gasteiger partial charge in [-0.1, -0.05) is 30.3 Å². The lowest BCUT2D eigenvalue weighted by Gasteiger charge is -2.35. The van der Waals surface area contributed by atoms with Crippen LogP contribution in [0.1, 0.15) is 24.8 Å². The Bertz CT molecular complexity index is 553. The van der Waals surface area contributed by atoms with Crippen LogP contribution >= 0.6 is 12.4 Å². The van der Waals surface area contributed by atoms with E-state index >= 15 is 0 Å². The van der Waals surface area contributed by atoms with E-state index in [4.69, 9.17) is 0 Å². The average molecular weight is 366 g/mol. The van der Waals surface area contributed by atoms with E-state index in [0.29, 0.717) is 44.9 Å². The van der Waals surface area contributed by atoms with Gasteiger partial charge in [-0.3, -0.25) is 9.59 Å². The minimum absolute atomic E-state index is 0. The highest BCUT2D eigenvalue weighted by atomic mass is 35.5. The third kappa shape index (κ3) is 5.72. The van der Waals surface area contributed by atoms with E-state index in [2.05, 4.69) is 5.32 Å². The van der Waals surface area contributed by atoms with Gasteiger partial charge in [-0.05, 0) is 37.4 Å². The number of hydrogen-bond acceptors (Lipinski definition) is 3. The molecule has 2 amide bonds. The number of nitrogens with one attached hydrogen (secondary N) is 1. The van der Waals surface area contributed by atoms with Gasteiger partial charge in [0.2, 0.25) is 11.8 Å². The molecule has 0 aliphatic carbocycles. The summed E-state index contributed by atoms with van der Waals surface area (Å²) in [5.41, 5.74) is 1.05. The van der Waals surface area contributed by atoms with Crippen LogP contribution < -0.4 is 5.32 Å². The maximum atomic E-state index is 12.4. The molecule has 6 heteroatoms. The van der Waals surface area contributed by atoms with Crippen LogP contribution in [0.3, 0.4) is 0 Å². The van der Waals surface area contributed by atoms with Crippen molar-refractivity contribution in [3.05, 3.63) is 35.9 Å².